The van der Waals surface area contributed by atoms with Crippen molar-refractivity contribution in [2.75, 3.05) is 13.1 Å². The molecule has 0 radical (unpaired) electrons. The predicted molar refractivity (Wildman–Crippen MR) is 77.5 cm³/mol. The molecule has 2 rings (SSSR count). The number of Topliss-reactive ketones (excluding diaryl/α,β-unsaturated/α-hetero) is 1. The standard InChI is InChI=1S/C14H20ClNOS/c1-9(2)14(17)11(8-16-7-10-3-4-10)12-5-6-13(15)18-12/h5-6,9-11,16H,3-4,7-8H2,1-2H3/t11-/m1/s1. The van der Waals surface area contributed by atoms with Gasteiger partial charge in [0, 0.05) is 17.3 Å². The molecule has 0 unspecified atom stereocenters. The molecule has 0 bridgehead atoms. The van der Waals surface area contributed by atoms with Crippen molar-refractivity contribution in [2.45, 2.75) is 32.6 Å². The van der Waals surface area contributed by atoms with Crippen molar-refractivity contribution in [3.8, 4) is 0 Å². The van der Waals surface area contributed by atoms with Crippen LogP contribution in [0.5, 0.6) is 0 Å². The van der Waals surface area contributed by atoms with Gasteiger partial charge >= 0.3 is 0 Å². The van der Waals surface area contributed by atoms with Gasteiger partial charge in [0.25, 0.3) is 0 Å². The molecule has 0 aliphatic heterocycles. The lowest BCUT2D eigenvalue weighted by molar-refractivity contribution is -0.123. The molecule has 1 aromatic rings. The summed E-state index contributed by atoms with van der Waals surface area (Å²) >= 11 is 7.49. The minimum Gasteiger partial charge on any atom is -0.315 e. The van der Waals surface area contributed by atoms with E-state index in [-0.39, 0.29) is 11.8 Å². The summed E-state index contributed by atoms with van der Waals surface area (Å²) in [5, 5.41) is 3.43. The topological polar surface area (TPSA) is 29.1 Å². The normalized spacial score (nSPS) is 17.1. The van der Waals surface area contributed by atoms with Crippen molar-refractivity contribution in [1.29, 1.82) is 0 Å². The molecule has 100 valence electrons. The first-order chi connectivity index (χ1) is 8.58. The van der Waals surface area contributed by atoms with Crippen LogP contribution in [0, 0.1) is 11.8 Å². The second kappa shape index (κ2) is 6.18. The molecular formula is C14H20ClNOS. The molecule has 0 spiro atoms. The van der Waals surface area contributed by atoms with Crippen LogP contribution in [-0.2, 0) is 4.79 Å². The highest BCUT2D eigenvalue weighted by Gasteiger charge is 2.26. The van der Waals surface area contributed by atoms with Gasteiger partial charge in [-0.05, 0) is 37.4 Å². The molecule has 1 aromatic heterocycles. The summed E-state index contributed by atoms with van der Waals surface area (Å²) in [5.74, 6) is 1.17. The third-order valence-corrected chi connectivity index (χ3v) is 4.67. The largest absolute Gasteiger partial charge is 0.315 e. The molecule has 2 nitrogen and oxygen atoms in total. The number of nitrogens with one attached hydrogen (secondary N) is 1. The Kier molecular flexibility index (Phi) is 4.82. The van der Waals surface area contributed by atoms with Gasteiger partial charge in [0.2, 0.25) is 0 Å². The predicted octanol–water partition coefficient (Wildman–Crippen LogP) is 3.71. The van der Waals surface area contributed by atoms with Gasteiger partial charge < -0.3 is 5.32 Å². The van der Waals surface area contributed by atoms with Crippen LogP contribution in [0.2, 0.25) is 4.34 Å². The maximum atomic E-state index is 12.3. The fraction of sp³-hybridized carbons (Fsp3) is 0.643. The van der Waals surface area contributed by atoms with Gasteiger partial charge in [0.15, 0.2) is 0 Å². The second-order valence-electron chi connectivity index (χ2n) is 5.35. The van der Waals surface area contributed by atoms with Crippen LogP contribution in [0.25, 0.3) is 0 Å². The van der Waals surface area contributed by atoms with Crippen LogP contribution in [0.4, 0.5) is 0 Å². The van der Waals surface area contributed by atoms with Gasteiger partial charge in [-0.1, -0.05) is 25.4 Å². The van der Waals surface area contributed by atoms with Crippen LogP contribution in [-0.4, -0.2) is 18.9 Å². The van der Waals surface area contributed by atoms with Crippen molar-refractivity contribution in [2.24, 2.45) is 11.8 Å². The Morgan fingerprint density at radius 2 is 2.22 bits per heavy atom. The molecule has 1 aliphatic carbocycles. The van der Waals surface area contributed by atoms with E-state index in [2.05, 4.69) is 5.32 Å². The molecule has 1 N–H and O–H groups in total. The quantitative estimate of drug-likeness (QED) is 0.827. The van der Waals surface area contributed by atoms with Gasteiger partial charge in [-0.3, -0.25) is 4.79 Å². The zero-order chi connectivity index (χ0) is 13.1. The van der Waals surface area contributed by atoms with Crippen molar-refractivity contribution >= 4 is 28.7 Å². The molecule has 0 amide bonds. The first-order valence-electron chi connectivity index (χ1n) is 6.57. The molecule has 0 saturated heterocycles. The van der Waals surface area contributed by atoms with E-state index in [1.54, 1.807) is 0 Å². The number of halogens is 1. The van der Waals surface area contributed by atoms with Crippen LogP contribution in [0.1, 0.15) is 37.5 Å². The van der Waals surface area contributed by atoms with Gasteiger partial charge in [-0.25, -0.2) is 0 Å². The summed E-state index contributed by atoms with van der Waals surface area (Å²) in [6.45, 7) is 5.71. The average molecular weight is 286 g/mol. The van der Waals surface area contributed by atoms with E-state index in [0.29, 0.717) is 5.78 Å². The molecule has 1 atom stereocenters. The van der Waals surface area contributed by atoms with E-state index >= 15 is 0 Å². The third-order valence-electron chi connectivity index (χ3n) is 3.33. The molecule has 1 heterocycles. The number of thiophene rings is 1. The van der Waals surface area contributed by atoms with Gasteiger partial charge in [-0.2, -0.15) is 0 Å². The Hall–Kier alpha value is -0.380. The fourth-order valence-electron chi connectivity index (χ4n) is 2.01. The van der Waals surface area contributed by atoms with Crippen LogP contribution in [0.3, 0.4) is 0 Å². The Morgan fingerprint density at radius 3 is 2.72 bits per heavy atom. The monoisotopic (exact) mass is 285 g/mol. The molecular weight excluding hydrogens is 266 g/mol. The highest BCUT2D eigenvalue weighted by atomic mass is 35.5. The lowest BCUT2D eigenvalue weighted by Gasteiger charge is -2.17. The number of rotatable bonds is 7. The van der Waals surface area contributed by atoms with E-state index in [9.17, 15) is 4.79 Å². The molecule has 18 heavy (non-hydrogen) atoms. The molecule has 1 saturated carbocycles. The van der Waals surface area contributed by atoms with Crippen LogP contribution in [0.15, 0.2) is 12.1 Å². The van der Waals surface area contributed by atoms with Gasteiger partial charge in [-0.15, -0.1) is 11.3 Å². The summed E-state index contributed by atoms with van der Waals surface area (Å²) in [5.41, 5.74) is 0. The van der Waals surface area contributed by atoms with Gasteiger partial charge in [0.1, 0.15) is 5.78 Å². The summed E-state index contributed by atoms with van der Waals surface area (Å²) in [6.07, 6.45) is 2.67. The summed E-state index contributed by atoms with van der Waals surface area (Å²) in [4.78, 5) is 13.4. The number of hydrogen-bond donors (Lipinski definition) is 1. The first-order valence-corrected chi connectivity index (χ1v) is 7.77. The van der Waals surface area contributed by atoms with E-state index in [1.165, 1.54) is 24.2 Å². The van der Waals surface area contributed by atoms with Crippen molar-refractivity contribution in [3.63, 3.8) is 0 Å². The van der Waals surface area contributed by atoms with E-state index < -0.39 is 0 Å². The maximum Gasteiger partial charge on any atom is 0.144 e. The fourth-order valence-corrected chi connectivity index (χ4v) is 3.18. The van der Waals surface area contributed by atoms with Crippen LogP contribution >= 0.6 is 22.9 Å². The van der Waals surface area contributed by atoms with Gasteiger partial charge in [0.05, 0.1) is 10.3 Å². The zero-order valence-corrected chi connectivity index (χ0v) is 12.5. The summed E-state index contributed by atoms with van der Waals surface area (Å²) in [7, 11) is 0. The highest BCUT2D eigenvalue weighted by Crippen LogP contribution is 2.31. The third kappa shape index (κ3) is 3.81. The van der Waals surface area contributed by atoms with E-state index in [0.717, 1.165) is 28.2 Å². The number of carbonyl (C=O) groups excluding carboxylic acids is 1. The first kappa shape index (κ1) is 14.0. The van der Waals surface area contributed by atoms with Crippen molar-refractivity contribution < 1.29 is 4.79 Å². The Labute approximate surface area is 118 Å². The number of hydrogen-bond acceptors (Lipinski definition) is 3. The number of carbonyl (C=O) groups is 1. The second-order valence-corrected chi connectivity index (χ2v) is 7.10. The molecule has 4 heteroatoms. The average Bonchev–Trinajstić information content (AvgIpc) is 3.05. The molecule has 1 fully saturated rings. The Bertz CT molecular complexity index is 412. The Balaban J connectivity index is 1.99. The summed E-state index contributed by atoms with van der Waals surface area (Å²) < 4.78 is 0.758. The highest BCUT2D eigenvalue weighted by molar-refractivity contribution is 7.16. The maximum absolute atomic E-state index is 12.3. The number of ketones is 1. The lowest BCUT2D eigenvalue weighted by Crippen LogP contribution is -2.30. The minimum atomic E-state index is -0.0405. The van der Waals surface area contributed by atoms with E-state index in [1.807, 2.05) is 26.0 Å². The SMILES string of the molecule is CC(C)C(=O)[C@H](CNCC1CC1)c1ccc(Cl)s1. The zero-order valence-electron chi connectivity index (χ0n) is 10.9. The smallest absolute Gasteiger partial charge is 0.144 e. The van der Waals surface area contributed by atoms with Crippen LogP contribution < -0.4 is 5.32 Å². The Morgan fingerprint density at radius 1 is 1.50 bits per heavy atom. The lowest BCUT2D eigenvalue weighted by atomic mass is 9.94. The molecule has 0 aromatic carbocycles. The van der Waals surface area contributed by atoms with Crippen molar-refractivity contribution in [1.82, 2.24) is 5.32 Å². The minimum absolute atomic E-state index is 0.0405. The van der Waals surface area contributed by atoms with Crippen molar-refractivity contribution in [3.05, 3.63) is 21.3 Å². The summed E-state index contributed by atoms with van der Waals surface area (Å²) in [6, 6.07) is 3.86. The van der Waals surface area contributed by atoms with E-state index in [4.69, 9.17) is 11.6 Å². The molecule has 1 aliphatic rings.